The van der Waals surface area contributed by atoms with Gasteiger partial charge in [-0.3, -0.25) is 0 Å². The molecule has 0 heterocycles. The third-order valence-electron chi connectivity index (χ3n) is 4.22. The van der Waals surface area contributed by atoms with Gasteiger partial charge in [0.1, 0.15) is 0 Å². The predicted octanol–water partition coefficient (Wildman–Crippen LogP) is 2.36. The molecule has 1 aliphatic rings. The highest BCUT2D eigenvalue weighted by molar-refractivity contribution is 7.88. The van der Waals surface area contributed by atoms with Crippen LogP contribution in [0.25, 0.3) is 0 Å². The largest absolute Gasteiger partial charge is 0.316 e. The van der Waals surface area contributed by atoms with Gasteiger partial charge >= 0.3 is 0 Å². The molecule has 1 fully saturated rings. The van der Waals surface area contributed by atoms with Crippen molar-refractivity contribution in [1.82, 2.24) is 9.62 Å². The molecule has 0 unspecified atom stereocenters. The van der Waals surface area contributed by atoms with Gasteiger partial charge in [-0.15, -0.1) is 0 Å². The summed E-state index contributed by atoms with van der Waals surface area (Å²) in [5.74, 6) is 0.638. The van der Waals surface area contributed by atoms with Crippen molar-refractivity contribution in [3.63, 3.8) is 0 Å². The molecule has 1 aliphatic carbocycles. The van der Waals surface area contributed by atoms with Crippen LogP contribution in [0.3, 0.4) is 0 Å². The van der Waals surface area contributed by atoms with Crippen LogP contribution in [-0.2, 0) is 22.3 Å². The third-order valence-corrected chi connectivity index (χ3v) is 6.01. The highest BCUT2D eigenvalue weighted by Crippen LogP contribution is 2.26. The molecule has 2 rings (SSSR count). The highest BCUT2D eigenvalue weighted by atomic mass is 32.2. The van der Waals surface area contributed by atoms with E-state index in [1.165, 1.54) is 25.7 Å². The smallest absolute Gasteiger partial charge is 0.218 e. The first kappa shape index (κ1) is 16.5. The van der Waals surface area contributed by atoms with E-state index in [1.54, 1.807) is 11.4 Å². The molecular formula is C16H26N2O2S. The molecule has 1 aromatic rings. The van der Waals surface area contributed by atoms with Gasteiger partial charge in [0.05, 0.1) is 5.75 Å². The van der Waals surface area contributed by atoms with Crippen molar-refractivity contribution in [3.8, 4) is 0 Å². The number of sulfonamides is 1. The molecule has 1 saturated carbocycles. The fourth-order valence-corrected chi connectivity index (χ4v) is 4.22. The first-order chi connectivity index (χ1) is 10.0. The van der Waals surface area contributed by atoms with Gasteiger partial charge < -0.3 is 5.32 Å². The average Bonchev–Trinajstić information content (AvgIpc) is 2.94. The number of nitrogens with zero attached hydrogens (tertiary/aromatic N) is 1. The summed E-state index contributed by atoms with van der Waals surface area (Å²) in [4.78, 5) is 0. The predicted molar refractivity (Wildman–Crippen MR) is 86.4 cm³/mol. The molecule has 0 bridgehead atoms. The molecule has 0 atom stereocenters. The second-order valence-corrected chi connectivity index (χ2v) is 8.11. The lowest BCUT2D eigenvalue weighted by Crippen LogP contribution is -2.32. The molecular weight excluding hydrogens is 284 g/mol. The van der Waals surface area contributed by atoms with E-state index in [0.29, 0.717) is 12.5 Å². The molecule has 5 heteroatoms. The monoisotopic (exact) mass is 310 g/mol. The van der Waals surface area contributed by atoms with Crippen LogP contribution in [-0.4, -0.2) is 33.4 Å². The van der Waals surface area contributed by atoms with Gasteiger partial charge in [0.15, 0.2) is 0 Å². The van der Waals surface area contributed by atoms with Crippen molar-refractivity contribution in [2.45, 2.75) is 38.0 Å². The minimum Gasteiger partial charge on any atom is -0.316 e. The standard InChI is InChI=1S/C16H26N2O2S/c1-17-11-14-7-9-16(10-8-14)13-21(19,20)18(2)12-15-5-3-4-6-15/h7-10,15,17H,3-6,11-13H2,1-2H3. The number of benzene rings is 1. The SMILES string of the molecule is CNCc1ccc(CS(=O)(=O)N(C)CC2CCCC2)cc1. The molecule has 0 amide bonds. The number of hydrogen-bond donors (Lipinski definition) is 1. The zero-order chi connectivity index (χ0) is 15.3. The Morgan fingerprint density at radius 2 is 1.71 bits per heavy atom. The molecule has 1 N–H and O–H groups in total. The van der Waals surface area contributed by atoms with E-state index >= 15 is 0 Å². The lowest BCUT2D eigenvalue weighted by molar-refractivity contribution is 0.387. The van der Waals surface area contributed by atoms with Crippen LogP contribution >= 0.6 is 0 Å². The van der Waals surface area contributed by atoms with Gasteiger partial charge in [-0.05, 0) is 36.9 Å². The summed E-state index contributed by atoms with van der Waals surface area (Å²) in [6, 6.07) is 7.79. The fourth-order valence-electron chi connectivity index (χ4n) is 2.95. The van der Waals surface area contributed by atoms with Crippen molar-refractivity contribution in [3.05, 3.63) is 35.4 Å². The topological polar surface area (TPSA) is 49.4 Å². The van der Waals surface area contributed by atoms with Gasteiger partial charge in [0.25, 0.3) is 0 Å². The van der Waals surface area contributed by atoms with Crippen molar-refractivity contribution >= 4 is 10.0 Å². The van der Waals surface area contributed by atoms with Crippen molar-refractivity contribution < 1.29 is 8.42 Å². The zero-order valence-corrected chi connectivity index (χ0v) is 13.8. The maximum atomic E-state index is 12.4. The quantitative estimate of drug-likeness (QED) is 0.841. The summed E-state index contributed by atoms with van der Waals surface area (Å²) in [6.45, 7) is 1.47. The van der Waals surface area contributed by atoms with Crippen LogP contribution in [0.4, 0.5) is 0 Å². The molecule has 1 aromatic carbocycles. The Hall–Kier alpha value is -0.910. The van der Waals surface area contributed by atoms with Crippen LogP contribution in [0, 0.1) is 5.92 Å². The van der Waals surface area contributed by atoms with Crippen molar-refractivity contribution in [2.24, 2.45) is 5.92 Å². The van der Waals surface area contributed by atoms with Crippen LogP contribution in [0.15, 0.2) is 24.3 Å². The minimum atomic E-state index is -3.21. The van der Waals surface area contributed by atoms with E-state index in [1.807, 2.05) is 31.3 Å². The first-order valence-corrected chi connectivity index (χ1v) is 9.28. The summed E-state index contributed by atoms with van der Waals surface area (Å²) in [7, 11) is 0.402. The lowest BCUT2D eigenvalue weighted by atomic mass is 10.1. The summed E-state index contributed by atoms with van der Waals surface area (Å²) >= 11 is 0. The Labute approximate surface area is 128 Å². The van der Waals surface area contributed by atoms with E-state index in [0.717, 1.165) is 17.7 Å². The summed E-state index contributed by atoms with van der Waals surface area (Å²) < 4.78 is 26.4. The van der Waals surface area contributed by atoms with Crippen LogP contribution in [0.1, 0.15) is 36.8 Å². The van der Waals surface area contributed by atoms with Gasteiger partial charge in [0, 0.05) is 20.1 Å². The number of hydrogen-bond acceptors (Lipinski definition) is 3. The van der Waals surface area contributed by atoms with Crippen molar-refractivity contribution in [2.75, 3.05) is 20.6 Å². The Morgan fingerprint density at radius 1 is 1.14 bits per heavy atom. The van der Waals surface area contributed by atoms with Crippen molar-refractivity contribution in [1.29, 1.82) is 0 Å². The van der Waals surface area contributed by atoms with Gasteiger partial charge in [-0.2, -0.15) is 0 Å². The Bertz CT molecular complexity index is 534. The van der Waals surface area contributed by atoms with E-state index in [-0.39, 0.29) is 5.75 Å². The van der Waals surface area contributed by atoms with E-state index in [4.69, 9.17) is 0 Å². The Morgan fingerprint density at radius 3 is 2.29 bits per heavy atom. The number of rotatable bonds is 7. The first-order valence-electron chi connectivity index (χ1n) is 7.67. The fraction of sp³-hybridized carbons (Fsp3) is 0.625. The molecule has 118 valence electrons. The second kappa shape index (κ2) is 7.38. The van der Waals surface area contributed by atoms with Gasteiger partial charge in [-0.25, -0.2) is 12.7 Å². The maximum Gasteiger partial charge on any atom is 0.218 e. The minimum absolute atomic E-state index is 0.0933. The molecule has 0 aliphatic heterocycles. The zero-order valence-electron chi connectivity index (χ0n) is 13.0. The van der Waals surface area contributed by atoms with E-state index < -0.39 is 10.0 Å². The molecule has 0 spiro atoms. The van der Waals surface area contributed by atoms with E-state index in [2.05, 4.69) is 5.32 Å². The maximum absolute atomic E-state index is 12.4. The van der Waals surface area contributed by atoms with Gasteiger partial charge in [-0.1, -0.05) is 37.1 Å². The molecule has 4 nitrogen and oxygen atoms in total. The normalized spacial score (nSPS) is 16.7. The summed E-state index contributed by atoms with van der Waals surface area (Å²) in [5, 5.41) is 3.08. The molecule has 0 aromatic heterocycles. The van der Waals surface area contributed by atoms with Gasteiger partial charge in [0.2, 0.25) is 10.0 Å². The average molecular weight is 310 g/mol. The summed E-state index contributed by atoms with van der Waals surface area (Å²) in [5.41, 5.74) is 2.02. The third kappa shape index (κ3) is 4.80. The van der Waals surface area contributed by atoms with E-state index in [9.17, 15) is 8.42 Å². The molecule has 0 radical (unpaired) electrons. The Balaban J connectivity index is 1.95. The van der Waals surface area contributed by atoms with Crippen LogP contribution in [0.2, 0.25) is 0 Å². The summed E-state index contributed by atoms with van der Waals surface area (Å²) in [6.07, 6.45) is 4.81. The lowest BCUT2D eigenvalue weighted by Gasteiger charge is -2.20. The highest BCUT2D eigenvalue weighted by Gasteiger charge is 2.24. The Kier molecular flexibility index (Phi) is 5.79. The van der Waals surface area contributed by atoms with Crippen LogP contribution < -0.4 is 5.32 Å². The molecule has 21 heavy (non-hydrogen) atoms. The van der Waals surface area contributed by atoms with Crippen LogP contribution in [0.5, 0.6) is 0 Å². The molecule has 0 saturated heterocycles. The second-order valence-electron chi connectivity index (χ2n) is 6.03. The number of nitrogens with one attached hydrogen (secondary N) is 1.